The molecule has 3 N–H and O–H groups in total. The molecule has 0 heterocycles. The molecule has 0 radical (unpaired) electrons. The van der Waals surface area contributed by atoms with Crippen LogP contribution in [0.3, 0.4) is 0 Å². The summed E-state index contributed by atoms with van der Waals surface area (Å²) in [7, 11) is 0. The zero-order valence-electron chi connectivity index (χ0n) is 9.72. The average molecular weight is 243 g/mol. The first-order valence-electron chi connectivity index (χ1n) is 5.33. The Labute approximate surface area is 99.6 Å². The first kappa shape index (κ1) is 15.2. The molecular weight excluding hydrogens is 226 g/mol. The standard InChI is InChI=1S/C10H17N3O4/c1-2-13(7-3-5-11)10(17)12-6-4-8(14)9(15)16/h8,14H,2-4,6-7H2,1H3,(H,12,17)(H,15,16). The van der Waals surface area contributed by atoms with Gasteiger partial charge in [-0.2, -0.15) is 5.26 Å². The summed E-state index contributed by atoms with van der Waals surface area (Å²) >= 11 is 0. The van der Waals surface area contributed by atoms with Crippen LogP contribution >= 0.6 is 0 Å². The highest BCUT2D eigenvalue weighted by atomic mass is 16.4. The molecule has 0 aliphatic rings. The molecule has 0 spiro atoms. The Morgan fingerprint density at radius 2 is 2.18 bits per heavy atom. The highest BCUT2D eigenvalue weighted by Gasteiger charge is 2.14. The van der Waals surface area contributed by atoms with E-state index in [1.807, 2.05) is 6.07 Å². The zero-order chi connectivity index (χ0) is 13.3. The number of nitrogens with zero attached hydrogens (tertiary/aromatic N) is 2. The van der Waals surface area contributed by atoms with Crippen LogP contribution in [0.15, 0.2) is 0 Å². The van der Waals surface area contributed by atoms with Crippen LogP contribution in [0.5, 0.6) is 0 Å². The molecule has 7 heteroatoms. The molecule has 0 saturated carbocycles. The van der Waals surface area contributed by atoms with E-state index < -0.39 is 12.1 Å². The number of carboxylic acid groups (broad SMARTS) is 1. The lowest BCUT2D eigenvalue weighted by molar-refractivity contribution is -0.146. The van der Waals surface area contributed by atoms with Gasteiger partial charge in [-0.1, -0.05) is 0 Å². The molecule has 0 aromatic rings. The number of hydrogen-bond donors (Lipinski definition) is 3. The van der Waals surface area contributed by atoms with E-state index >= 15 is 0 Å². The number of carbonyl (C=O) groups excluding carboxylic acids is 1. The van der Waals surface area contributed by atoms with Crippen molar-refractivity contribution in [3.63, 3.8) is 0 Å². The minimum Gasteiger partial charge on any atom is -0.479 e. The first-order valence-corrected chi connectivity index (χ1v) is 5.33. The quantitative estimate of drug-likeness (QED) is 0.571. The Kier molecular flexibility index (Phi) is 7.46. The number of aliphatic carboxylic acids is 1. The second kappa shape index (κ2) is 8.35. The fourth-order valence-electron chi connectivity index (χ4n) is 1.14. The third-order valence-corrected chi connectivity index (χ3v) is 2.14. The summed E-state index contributed by atoms with van der Waals surface area (Å²) in [5, 5.41) is 28.3. The van der Waals surface area contributed by atoms with Crippen molar-refractivity contribution in [3.05, 3.63) is 0 Å². The minimum atomic E-state index is -1.47. The van der Waals surface area contributed by atoms with Crippen molar-refractivity contribution in [2.75, 3.05) is 19.6 Å². The summed E-state index contributed by atoms with van der Waals surface area (Å²) in [5.41, 5.74) is 0. The number of nitrogens with one attached hydrogen (secondary N) is 1. The summed E-state index contributed by atoms with van der Waals surface area (Å²) in [6.07, 6.45) is -1.26. The number of aliphatic hydroxyl groups is 1. The van der Waals surface area contributed by atoms with Gasteiger partial charge in [0.25, 0.3) is 0 Å². The number of amides is 2. The SMILES string of the molecule is CCN(CCC#N)C(=O)NCCC(O)C(=O)O. The van der Waals surface area contributed by atoms with Crippen molar-refractivity contribution >= 4 is 12.0 Å². The van der Waals surface area contributed by atoms with Crippen molar-refractivity contribution in [3.8, 4) is 6.07 Å². The molecule has 0 saturated heterocycles. The highest BCUT2D eigenvalue weighted by Crippen LogP contribution is 1.94. The highest BCUT2D eigenvalue weighted by molar-refractivity contribution is 5.74. The van der Waals surface area contributed by atoms with Gasteiger partial charge in [0.2, 0.25) is 0 Å². The molecule has 2 amide bonds. The van der Waals surface area contributed by atoms with Crippen LogP contribution < -0.4 is 5.32 Å². The van der Waals surface area contributed by atoms with Crippen LogP contribution in [-0.4, -0.2) is 52.9 Å². The predicted octanol–water partition coefficient (Wildman–Crippen LogP) is -0.233. The van der Waals surface area contributed by atoms with Crippen LogP contribution in [0.25, 0.3) is 0 Å². The Morgan fingerprint density at radius 1 is 1.53 bits per heavy atom. The van der Waals surface area contributed by atoms with Crippen LogP contribution in [0.4, 0.5) is 4.79 Å². The van der Waals surface area contributed by atoms with Crippen LogP contribution in [0, 0.1) is 11.3 Å². The van der Waals surface area contributed by atoms with E-state index in [1.165, 1.54) is 4.90 Å². The van der Waals surface area contributed by atoms with Crippen LogP contribution in [0.2, 0.25) is 0 Å². The molecule has 7 nitrogen and oxygen atoms in total. The maximum atomic E-state index is 11.5. The lowest BCUT2D eigenvalue weighted by atomic mass is 10.2. The lowest BCUT2D eigenvalue weighted by Gasteiger charge is -2.20. The molecule has 96 valence electrons. The molecule has 0 aromatic heterocycles. The van der Waals surface area contributed by atoms with Gasteiger partial charge < -0.3 is 20.4 Å². The Balaban J connectivity index is 3.91. The van der Waals surface area contributed by atoms with E-state index in [4.69, 9.17) is 15.5 Å². The lowest BCUT2D eigenvalue weighted by Crippen LogP contribution is -2.41. The van der Waals surface area contributed by atoms with Gasteiger partial charge in [0, 0.05) is 26.1 Å². The van der Waals surface area contributed by atoms with Gasteiger partial charge in [-0.3, -0.25) is 0 Å². The third kappa shape index (κ3) is 6.37. The van der Waals surface area contributed by atoms with Gasteiger partial charge in [-0.25, -0.2) is 9.59 Å². The monoisotopic (exact) mass is 243 g/mol. The molecule has 0 aromatic carbocycles. The second-order valence-electron chi connectivity index (χ2n) is 3.36. The maximum Gasteiger partial charge on any atom is 0.332 e. The summed E-state index contributed by atoms with van der Waals surface area (Å²) in [4.78, 5) is 23.2. The van der Waals surface area contributed by atoms with Gasteiger partial charge in [0.1, 0.15) is 0 Å². The number of aliphatic hydroxyl groups excluding tert-OH is 1. The number of carbonyl (C=O) groups is 2. The van der Waals surface area contributed by atoms with Gasteiger partial charge >= 0.3 is 12.0 Å². The number of rotatable bonds is 7. The van der Waals surface area contributed by atoms with Crippen molar-refractivity contribution < 1.29 is 19.8 Å². The van der Waals surface area contributed by atoms with E-state index in [9.17, 15) is 9.59 Å². The molecule has 1 atom stereocenters. The summed E-state index contributed by atoms with van der Waals surface area (Å²) < 4.78 is 0. The third-order valence-electron chi connectivity index (χ3n) is 2.14. The summed E-state index contributed by atoms with van der Waals surface area (Å²) in [6.45, 7) is 2.66. The number of hydrogen-bond acceptors (Lipinski definition) is 4. The number of urea groups is 1. The van der Waals surface area contributed by atoms with Crippen molar-refractivity contribution in [2.45, 2.75) is 25.9 Å². The largest absolute Gasteiger partial charge is 0.479 e. The smallest absolute Gasteiger partial charge is 0.332 e. The van der Waals surface area contributed by atoms with E-state index in [1.54, 1.807) is 6.92 Å². The molecule has 1 unspecified atom stereocenters. The number of carboxylic acids is 1. The Bertz CT molecular complexity index is 300. The molecule has 0 bridgehead atoms. The zero-order valence-corrected chi connectivity index (χ0v) is 9.72. The van der Waals surface area contributed by atoms with Crippen molar-refractivity contribution in [2.24, 2.45) is 0 Å². The molecule has 0 rings (SSSR count). The minimum absolute atomic E-state index is 0.0448. The fourth-order valence-corrected chi connectivity index (χ4v) is 1.14. The Morgan fingerprint density at radius 3 is 2.65 bits per heavy atom. The van der Waals surface area contributed by atoms with E-state index in [2.05, 4.69) is 5.32 Å². The van der Waals surface area contributed by atoms with E-state index in [0.29, 0.717) is 13.1 Å². The van der Waals surface area contributed by atoms with E-state index in [-0.39, 0.29) is 25.4 Å². The van der Waals surface area contributed by atoms with Crippen molar-refractivity contribution in [1.29, 1.82) is 5.26 Å². The van der Waals surface area contributed by atoms with Crippen LogP contribution in [0.1, 0.15) is 19.8 Å². The number of nitriles is 1. The van der Waals surface area contributed by atoms with Crippen LogP contribution in [-0.2, 0) is 4.79 Å². The second-order valence-corrected chi connectivity index (χ2v) is 3.36. The molecule has 0 aliphatic heterocycles. The van der Waals surface area contributed by atoms with Gasteiger partial charge in [-0.05, 0) is 6.92 Å². The van der Waals surface area contributed by atoms with Gasteiger partial charge in [0.05, 0.1) is 12.5 Å². The topological polar surface area (TPSA) is 114 Å². The van der Waals surface area contributed by atoms with Gasteiger partial charge in [-0.15, -0.1) is 0 Å². The molecular formula is C10H17N3O4. The molecule has 17 heavy (non-hydrogen) atoms. The summed E-state index contributed by atoms with van der Waals surface area (Å²) in [5.74, 6) is -1.31. The average Bonchev–Trinajstić information content (AvgIpc) is 2.29. The first-order chi connectivity index (χ1) is 8.02. The fraction of sp³-hybridized carbons (Fsp3) is 0.700. The van der Waals surface area contributed by atoms with Gasteiger partial charge in [0.15, 0.2) is 6.10 Å². The molecule has 0 aliphatic carbocycles. The van der Waals surface area contributed by atoms with E-state index in [0.717, 1.165) is 0 Å². The Hall–Kier alpha value is -1.81. The summed E-state index contributed by atoms with van der Waals surface area (Å²) in [6, 6.07) is 1.58. The molecule has 0 fully saturated rings. The predicted molar refractivity (Wildman–Crippen MR) is 59.1 cm³/mol. The maximum absolute atomic E-state index is 11.5. The normalized spacial score (nSPS) is 11.4. The van der Waals surface area contributed by atoms with Crippen molar-refractivity contribution in [1.82, 2.24) is 10.2 Å².